The molecule has 0 spiro atoms. The van der Waals surface area contributed by atoms with Gasteiger partial charge in [0.15, 0.2) is 0 Å². The first-order chi connectivity index (χ1) is 5.65. The van der Waals surface area contributed by atoms with Crippen LogP contribution in [0.25, 0.3) is 0 Å². The zero-order valence-electron chi connectivity index (χ0n) is 8.08. The molecular formula is C10H19NO. The minimum absolute atomic E-state index is 0.0623. The highest BCUT2D eigenvalue weighted by atomic mass is 16.3. The third kappa shape index (κ3) is 1.01. The van der Waals surface area contributed by atoms with Crippen LogP contribution in [0, 0.1) is 5.92 Å². The molecule has 2 rings (SSSR count). The normalized spacial score (nSPS) is 42.5. The third-order valence-corrected chi connectivity index (χ3v) is 3.76. The van der Waals surface area contributed by atoms with Gasteiger partial charge in [0.1, 0.15) is 0 Å². The van der Waals surface area contributed by atoms with E-state index in [4.69, 9.17) is 0 Å². The van der Waals surface area contributed by atoms with Crippen LogP contribution >= 0.6 is 0 Å². The summed E-state index contributed by atoms with van der Waals surface area (Å²) in [6, 6.07) is 0. The molecule has 2 atom stereocenters. The molecule has 0 amide bonds. The monoisotopic (exact) mass is 169 g/mol. The van der Waals surface area contributed by atoms with Gasteiger partial charge in [0.05, 0.1) is 6.10 Å². The fraction of sp³-hybridized carbons (Fsp3) is 1.00. The second-order valence-electron chi connectivity index (χ2n) is 4.67. The van der Waals surface area contributed by atoms with Gasteiger partial charge in [-0.25, -0.2) is 0 Å². The van der Waals surface area contributed by atoms with Gasteiger partial charge in [-0.1, -0.05) is 13.8 Å². The molecule has 2 heteroatoms. The Morgan fingerprint density at radius 3 is 2.83 bits per heavy atom. The molecule has 0 unspecified atom stereocenters. The topological polar surface area (TPSA) is 23.5 Å². The summed E-state index contributed by atoms with van der Waals surface area (Å²) in [6.07, 6.45) is 3.56. The quantitative estimate of drug-likeness (QED) is 0.638. The average molecular weight is 169 g/mol. The molecule has 0 saturated carbocycles. The van der Waals surface area contributed by atoms with Crippen molar-refractivity contribution >= 4 is 0 Å². The number of nitrogens with zero attached hydrogens (tertiary/aromatic N) is 1. The van der Waals surface area contributed by atoms with E-state index in [1.165, 1.54) is 19.4 Å². The van der Waals surface area contributed by atoms with Crippen LogP contribution < -0.4 is 0 Å². The summed E-state index contributed by atoms with van der Waals surface area (Å²) in [5.41, 5.74) is 0.361. The van der Waals surface area contributed by atoms with Gasteiger partial charge in [0, 0.05) is 12.1 Å². The van der Waals surface area contributed by atoms with Gasteiger partial charge >= 0.3 is 0 Å². The largest absolute Gasteiger partial charge is 0.392 e. The highest BCUT2D eigenvalue weighted by Crippen LogP contribution is 2.43. The van der Waals surface area contributed by atoms with E-state index in [0.717, 1.165) is 13.0 Å². The molecule has 2 aliphatic rings. The lowest BCUT2D eigenvalue weighted by Crippen LogP contribution is -2.42. The minimum Gasteiger partial charge on any atom is -0.392 e. The van der Waals surface area contributed by atoms with Crippen molar-refractivity contribution in [2.24, 2.45) is 5.92 Å². The van der Waals surface area contributed by atoms with Crippen LogP contribution in [0.1, 0.15) is 33.1 Å². The molecule has 2 fully saturated rings. The summed E-state index contributed by atoms with van der Waals surface area (Å²) in [4.78, 5) is 2.50. The SMILES string of the molecule is CC(C)[C@]12CCCN1C[C@@H](O)C2. The van der Waals surface area contributed by atoms with E-state index >= 15 is 0 Å². The van der Waals surface area contributed by atoms with Gasteiger partial charge in [0.2, 0.25) is 0 Å². The molecule has 0 bridgehead atoms. The summed E-state index contributed by atoms with van der Waals surface area (Å²) in [7, 11) is 0. The van der Waals surface area contributed by atoms with Crippen molar-refractivity contribution in [3.8, 4) is 0 Å². The molecule has 2 nitrogen and oxygen atoms in total. The number of rotatable bonds is 1. The van der Waals surface area contributed by atoms with Gasteiger partial charge in [-0.05, 0) is 31.7 Å². The van der Waals surface area contributed by atoms with Gasteiger partial charge < -0.3 is 5.11 Å². The molecule has 0 aromatic rings. The maximum Gasteiger partial charge on any atom is 0.0685 e. The van der Waals surface area contributed by atoms with Crippen LogP contribution in [0.3, 0.4) is 0 Å². The predicted molar refractivity (Wildman–Crippen MR) is 49.0 cm³/mol. The molecule has 2 heterocycles. The number of aliphatic hydroxyl groups is 1. The Hall–Kier alpha value is -0.0800. The molecule has 2 saturated heterocycles. The first kappa shape index (κ1) is 8.52. The highest BCUT2D eigenvalue weighted by molar-refractivity contribution is 5.04. The van der Waals surface area contributed by atoms with Gasteiger partial charge in [-0.15, -0.1) is 0 Å². The number of β-amino-alcohol motifs (C(OH)–C–C–N with tert-alkyl or cyclic N) is 1. The zero-order chi connectivity index (χ0) is 8.77. The molecule has 0 aromatic heterocycles. The smallest absolute Gasteiger partial charge is 0.0685 e. The molecule has 12 heavy (non-hydrogen) atoms. The van der Waals surface area contributed by atoms with Crippen molar-refractivity contribution in [2.45, 2.75) is 44.8 Å². The van der Waals surface area contributed by atoms with Crippen molar-refractivity contribution in [1.82, 2.24) is 4.90 Å². The lowest BCUT2D eigenvalue weighted by atomic mass is 9.82. The van der Waals surface area contributed by atoms with E-state index in [0.29, 0.717) is 11.5 Å². The molecule has 1 N–H and O–H groups in total. The molecular weight excluding hydrogens is 150 g/mol. The summed E-state index contributed by atoms with van der Waals surface area (Å²) in [5, 5.41) is 9.61. The maximum atomic E-state index is 9.61. The first-order valence-electron chi connectivity index (χ1n) is 5.08. The van der Waals surface area contributed by atoms with Crippen molar-refractivity contribution in [1.29, 1.82) is 0 Å². The van der Waals surface area contributed by atoms with Crippen molar-refractivity contribution in [3.05, 3.63) is 0 Å². The molecule has 0 aromatic carbocycles. The third-order valence-electron chi connectivity index (χ3n) is 3.76. The van der Waals surface area contributed by atoms with E-state index in [2.05, 4.69) is 18.7 Å². The summed E-state index contributed by atoms with van der Waals surface area (Å²) < 4.78 is 0. The Bertz CT molecular complexity index is 181. The fourth-order valence-corrected chi connectivity index (χ4v) is 3.08. The average Bonchev–Trinajstić information content (AvgIpc) is 2.42. The van der Waals surface area contributed by atoms with Crippen LogP contribution in [0.4, 0.5) is 0 Å². The Balaban J connectivity index is 2.20. The lowest BCUT2D eigenvalue weighted by molar-refractivity contribution is 0.136. The highest BCUT2D eigenvalue weighted by Gasteiger charge is 2.49. The Morgan fingerprint density at radius 2 is 2.25 bits per heavy atom. The second kappa shape index (κ2) is 2.71. The Morgan fingerprint density at radius 1 is 1.50 bits per heavy atom. The lowest BCUT2D eigenvalue weighted by Gasteiger charge is -2.35. The summed E-state index contributed by atoms with van der Waals surface area (Å²) in [6.45, 7) is 6.69. The van der Waals surface area contributed by atoms with E-state index < -0.39 is 0 Å². The zero-order valence-corrected chi connectivity index (χ0v) is 8.08. The van der Waals surface area contributed by atoms with E-state index in [-0.39, 0.29) is 6.10 Å². The van der Waals surface area contributed by atoms with Crippen molar-refractivity contribution in [3.63, 3.8) is 0 Å². The van der Waals surface area contributed by atoms with Crippen molar-refractivity contribution in [2.75, 3.05) is 13.1 Å². The minimum atomic E-state index is -0.0623. The summed E-state index contributed by atoms with van der Waals surface area (Å²) >= 11 is 0. The van der Waals surface area contributed by atoms with Crippen LogP contribution in [0.5, 0.6) is 0 Å². The Labute approximate surface area is 74.6 Å². The fourth-order valence-electron chi connectivity index (χ4n) is 3.08. The summed E-state index contributed by atoms with van der Waals surface area (Å²) in [5.74, 6) is 0.692. The number of aliphatic hydroxyl groups excluding tert-OH is 1. The standard InChI is InChI=1S/C10H19NO/c1-8(2)10-4-3-5-11(10)7-9(12)6-10/h8-9,12H,3-7H2,1-2H3/t9-,10+/m0/s1. The maximum absolute atomic E-state index is 9.61. The predicted octanol–water partition coefficient (Wildman–Crippen LogP) is 1.24. The molecule has 0 aliphatic carbocycles. The number of hydrogen-bond acceptors (Lipinski definition) is 2. The van der Waals surface area contributed by atoms with Crippen LogP contribution in [-0.2, 0) is 0 Å². The molecule has 2 aliphatic heterocycles. The Kier molecular flexibility index (Phi) is 1.92. The van der Waals surface area contributed by atoms with Gasteiger partial charge in [-0.3, -0.25) is 4.90 Å². The first-order valence-corrected chi connectivity index (χ1v) is 5.08. The van der Waals surface area contributed by atoms with Gasteiger partial charge in [0.25, 0.3) is 0 Å². The molecule has 70 valence electrons. The van der Waals surface area contributed by atoms with Crippen LogP contribution in [-0.4, -0.2) is 34.7 Å². The number of hydrogen-bond donors (Lipinski definition) is 1. The second-order valence-corrected chi connectivity index (χ2v) is 4.67. The van der Waals surface area contributed by atoms with Crippen LogP contribution in [0.2, 0.25) is 0 Å². The number of fused-ring (bicyclic) bond motifs is 1. The van der Waals surface area contributed by atoms with Crippen LogP contribution in [0.15, 0.2) is 0 Å². The molecule has 0 radical (unpaired) electrons. The van der Waals surface area contributed by atoms with E-state index in [1.807, 2.05) is 0 Å². The van der Waals surface area contributed by atoms with Crippen molar-refractivity contribution < 1.29 is 5.11 Å². The van der Waals surface area contributed by atoms with E-state index in [9.17, 15) is 5.11 Å². The van der Waals surface area contributed by atoms with E-state index in [1.54, 1.807) is 0 Å². The van der Waals surface area contributed by atoms with Gasteiger partial charge in [-0.2, -0.15) is 0 Å².